The third-order valence-corrected chi connectivity index (χ3v) is 6.58. The van der Waals surface area contributed by atoms with E-state index in [2.05, 4.69) is 9.97 Å². The number of hydrogen-bond acceptors (Lipinski definition) is 6. The van der Waals surface area contributed by atoms with Crippen LogP contribution in [0, 0.1) is 12.8 Å². The van der Waals surface area contributed by atoms with Gasteiger partial charge >= 0.3 is 0 Å². The summed E-state index contributed by atoms with van der Waals surface area (Å²) in [4.78, 5) is 17.1. The molecule has 1 aliphatic heterocycles. The lowest BCUT2D eigenvalue weighted by Gasteiger charge is -2.22. The first-order valence-electron chi connectivity index (χ1n) is 8.30. The van der Waals surface area contributed by atoms with Crippen LogP contribution in [0.15, 0.2) is 18.6 Å². The van der Waals surface area contributed by atoms with Crippen molar-refractivity contribution in [2.75, 3.05) is 33.1 Å². The van der Waals surface area contributed by atoms with Gasteiger partial charge in [-0.1, -0.05) is 0 Å². The molecule has 0 aromatic carbocycles. The van der Waals surface area contributed by atoms with E-state index in [-0.39, 0.29) is 24.2 Å². The van der Waals surface area contributed by atoms with Crippen molar-refractivity contribution in [3.8, 4) is 11.5 Å². The summed E-state index contributed by atoms with van der Waals surface area (Å²) in [6.07, 6.45) is 5.40. The van der Waals surface area contributed by atoms with E-state index in [0.29, 0.717) is 13.2 Å². The summed E-state index contributed by atoms with van der Waals surface area (Å²) in [6, 6.07) is -0.0626. The van der Waals surface area contributed by atoms with Gasteiger partial charge in [-0.15, -0.1) is 0 Å². The van der Waals surface area contributed by atoms with Crippen molar-refractivity contribution in [1.29, 1.82) is 0 Å². The van der Waals surface area contributed by atoms with Crippen LogP contribution in [0.4, 0.5) is 0 Å². The molecule has 0 amide bonds. The van der Waals surface area contributed by atoms with Crippen LogP contribution in [0.5, 0.6) is 0 Å². The van der Waals surface area contributed by atoms with Gasteiger partial charge < -0.3 is 19.0 Å². The molecule has 2 aromatic heterocycles. The highest BCUT2D eigenvalue weighted by Gasteiger charge is 2.35. The largest absolute Gasteiger partial charge is 0.483 e. The lowest BCUT2D eigenvalue weighted by Crippen LogP contribution is -2.32. The number of nitrogens with zero attached hydrogens (tertiary/aromatic N) is 5. The minimum atomic E-state index is -3.29. The zero-order valence-corrected chi connectivity index (χ0v) is 16.6. The molecule has 1 N–H and O–H groups in total. The molecule has 0 spiro atoms. The van der Waals surface area contributed by atoms with Crippen LogP contribution in [0.3, 0.4) is 0 Å². The number of rotatable bonds is 5. The average Bonchev–Trinajstić information content (AvgIpc) is 3.29. The molecule has 3 rings (SSSR count). The van der Waals surface area contributed by atoms with Gasteiger partial charge in [0.1, 0.15) is 11.5 Å². The average molecular weight is 399 g/mol. The number of ether oxygens (including phenoxy) is 1. The fraction of sp³-hybridized carbons (Fsp3) is 0.562. The van der Waals surface area contributed by atoms with Crippen molar-refractivity contribution in [3.05, 3.63) is 24.4 Å². The van der Waals surface area contributed by atoms with Crippen LogP contribution < -0.4 is 0 Å². The Hall–Kier alpha value is -2.24. The summed E-state index contributed by atoms with van der Waals surface area (Å²) in [5.41, 5.74) is 0.901. The van der Waals surface area contributed by atoms with Crippen molar-refractivity contribution >= 4 is 16.5 Å². The summed E-state index contributed by atoms with van der Waals surface area (Å²) >= 11 is 0. The Labute approximate surface area is 158 Å². The summed E-state index contributed by atoms with van der Waals surface area (Å²) in [5, 5.41) is 6.89. The highest BCUT2D eigenvalue weighted by atomic mass is 32.2. The Bertz CT molecular complexity index is 874. The first-order chi connectivity index (χ1) is 12.7. The van der Waals surface area contributed by atoms with Gasteiger partial charge in [0.25, 0.3) is 6.47 Å². The summed E-state index contributed by atoms with van der Waals surface area (Å²) in [7, 11) is 1.77. The molecule has 0 saturated carbocycles. The van der Waals surface area contributed by atoms with Gasteiger partial charge in [0, 0.05) is 39.5 Å². The normalized spacial score (nSPS) is 19.7. The molecule has 2 aromatic rings. The zero-order valence-electron chi connectivity index (χ0n) is 15.8. The molecule has 2 atom stereocenters. The van der Waals surface area contributed by atoms with Crippen LogP contribution in [-0.4, -0.2) is 76.5 Å². The molecule has 150 valence electrons. The fourth-order valence-electron chi connectivity index (χ4n) is 2.96. The maximum absolute atomic E-state index is 12.2. The van der Waals surface area contributed by atoms with E-state index in [4.69, 9.17) is 14.6 Å². The quantitative estimate of drug-likeness (QED) is 0.721. The molecule has 1 aliphatic rings. The summed E-state index contributed by atoms with van der Waals surface area (Å²) in [6.45, 7) is 2.59. The van der Waals surface area contributed by atoms with Crippen molar-refractivity contribution in [3.63, 3.8) is 0 Å². The molecule has 0 bridgehead atoms. The maximum atomic E-state index is 12.2. The van der Waals surface area contributed by atoms with E-state index in [9.17, 15) is 8.42 Å². The molecule has 0 aliphatic carbocycles. The van der Waals surface area contributed by atoms with E-state index >= 15 is 0 Å². The van der Waals surface area contributed by atoms with E-state index in [1.165, 1.54) is 4.31 Å². The third-order valence-electron chi connectivity index (χ3n) is 4.62. The number of aryl methyl sites for hydroxylation is 1. The highest BCUT2D eigenvalue weighted by molar-refractivity contribution is 7.89. The van der Waals surface area contributed by atoms with Crippen molar-refractivity contribution in [1.82, 2.24) is 23.4 Å². The van der Waals surface area contributed by atoms with Gasteiger partial charge in [0.05, 0.1) is 31.2 Å². The number of imidazole rings is 2. The van der Waals surface area contributed by atoms with Gasteiger partial charge in [-0.05, 0) is 6.92 Å². The van der Waals surface area contributed by atoms with Crippen LogP contribution in [0.25, 0.3) is 11.5 Å². The minimum absolute atomic E-state index is 0.0622. The second-order valence-electron chi connectivity index (χ2n) is 6.44. The monoisotopic (exact) mass is 399 g/mol. The van der Waals surface area contributed by atoms with Crippen LogP contribution >= 0.6 is 0 Å². The predicted octanol–water partition coefficient (Wildman–Crippen LogP) is 0.372. The van der Waals surface area contributed by atoms with Gasteiger partial charge in [-0.2, -0.15) is 0 Å². The summed E-state index contributed by atoms with van der Waals surface area (Å²) < 4.78 is 35.3. The molecule has 0 radical (unpaired) electrons. The van der Waals surface area contributed by atoms with E-state index < -0.39 is 10.0 Å². The molecule has 1 fully saturated rings. The first kappa shape index (κ1) is 21.1. The molecule has 3 heterocycles. The number of sulfonamides is 1. The topological polar surface area (TPSA) is 120 Å². The Morgan fingerprint density at radius 3 is 2.59 bits per heavy atom. The predicted molar refractivity (Wildman–Crippen MR) is 98.7 cm³/mol. The van der Waals surface area contributed by atoms with Gasteiger partial charge in [0.15, 0.2) is 5.82 Å². The Morgan fingerprint density at radius 1 is 1.37 bits per heavy atom. The van der Waals surface area contributed by atoms with E-state index in [1.54, 1.807) is 26.5 Å². The number of aromatic nitrogens is 4. The SMILES string of the molecule is Cc1ncc(-c2nccn2[C@@H]2COC[C@@H]2CS(=O)(=O)N(C)C)n1C.O=CO. The highest BCUT2D eigenvalue weighted by Crippen LogP contribution is 2.31. The molecule has 0 unspecified atom stereocenters. The van der Waals surface area contributed by atoms with E-state index in [1.807, 2.05) is 29.3 Å². The second kappa shape index (κ2) is 8.63. The first-order valence-corrected chi connectivity index (χ1v) is 9.91. The molecule has 27 heavy (non-hydrogen) atoms. The number of carbonyl (C=O) groups is 1. The standard InChI is InChI=1S/C15H23N5O3S.CH2O2/c1-11-17-7-13(19(11)4)15-16-5-6-20(15)14-9-23-8-12(14)10-24(21,22)18(2)3;2-1-3/h5-7,12,14H,8-10H2,1-4H3;1H,(H,2,3)/t12-,14-;/m1./s1. The van der Waals surface area contributed by atoms with Gasteiger partial charge in [0.2, 0.25) is 10.0 Å². The fourth-order valence-corrected chi connectivity index (χ4v) is 4.12. The lowest BCUT2D eigenvalue weighted by molar-refractivity contribution is -0.122. The molecule has 10 nitrogen and oxygen atoms in total. The number of carboxylic acid groups (broad SMARTS) is 1. The van der Waals surface area contributed by atoms with Crippen LogP contribution in [-0.2, 0) is 26.6 Å². The van der Waals surface area contributed by atoms with Crippen molar-refractivity contribution in [2.45, 2.75) is 13.0 Å². The third kappa shape index (κ3) is 4.54. The van der Waals surface area contributed by atoms with E-state index in [0.717, 1.165) is 17.3 Å². The number of hydrogen-bond donors (Lipinski definition) is 1. The van der Waals surface area contributed by atoms with Crippen LogP contribution in [0.1, 0.15) is 11.9 Å². The minimum Gasteiger partial charge on any atom is -0.483 e. The molecule has 1 saturated heterocycles. The summed E-state index contributed by atoms with van der Waals surface area (Å²) in [5.74, 6) is 1.63. The van der Waals surface area contributed by atoms with Crippen LogP contribution in [0.2, 0.25) is 0 Å². The van der Waals surface area contributed by atoms with Crippen molar-refractivity contribution < 1.29 is 23.1 Å². The molecular weight excluding hydrogens is 374 g/mol. The maximum Gasteiger partial charge on any atom is 0.290 e. The second-order valence-corrected chi connectivity index (χ2v) is 8.67. The van der Waals surface area contributed by atoms with Gasteiger partial charge in [-0.3, -0.25) is 4.79 Å². The van der Waals surface area contributed by atoms with Gasteiger partial charge in [-0.25, -0.2) is 22.7 Å². The van der Waals surface area contributed by atoms with Crippen molar-refractivity contribution in [2.24, 2.45) is 13.0 Å². The molecule has 11 heteroatoms. The Morgan fingerprint density at radius 2 is 2.04 bits per heavy atom. The smallest absolute Gasteiger partial charge is 0.290 e. The lowest BCUT2D eigenvalue weighted by atomic mass is 10.1. The molecular formula is C16H25N5O5S. The Kier molecular flexibility index (Phi) is 6.73. The zero-order chi connectivity index (χ0) is 20.2. The Balaban J connectivity index is 0.000000817.